The van der Waals surface area contributed by atoms with Crippen LogP contribution < -0.4 is 0 Å². The highest BCUT2D eigenvalue weighted by Crippen LogP contribution is 2.42. The number of nitrogens with zero attached hydrogens (tertiary/aromatic N) is 4. The number of hydrogen-bond acceptors (Lipinski definition) is 4. The van der Waals surface area contributed by atoms with Crippen molar-refractivity contribution in [3.8, 4) is 62.1 Å². The van der Waals surface area contributed by atoms with Gasteiger partial charge in [-0.1, -0.05) is 152 Å². The molecular formula is C51H32N4O. The van der Waals surface area contributed by atoms with E-state index in [1.807, 2.05) is 66.7 Å². The van der Waals surface area contributed by atoms with Crippen LogP contribution in [0.25, 0.3) is 106 Å². The summed E-state index contributed by atoms with van der Waals surface area (Å²) in [5, 5.41) is 4.62. The minimum atomic E-state index is 0.624. The molecule has 56 heavy (non-hydrogen) atoms. The summed E-state index contributed by atoms with van der Waals surface area (Å²) in [7, 11) is 0. The molecule has 0 unspecified atom stereocenters. The van der Waals surface area contributed by atoms with Crippen LogP contribution >= 0.6 is 0 Å². The summed E-state index contributed by atoms with van der Waals surface area (Å²) in [6.07, 6.45) is 0. The molecule has 0 aliphatic heterocycles. The van der Waals surface area contributed by atoms with Crippen molar-refractivity contribution in [3.63, 3.8) is 0 Å². The Labute approximate surface area is 322 Å². The van der Waals surface area contributed by atoms with Crippen molar-refractivity contribution in [1.29, 1.82) is 0 Å². The van der Waals surface area contributed by atoms with Crippen LogP contribution in [0.15, 0.2) is 199 Å². The van der Waals surface area contributed by atoms with E-state index in [1.54, 1.807) is 0 Å². The zero-order valence-electron chi connectivity index (χ0n) is 30.2. The summed E-state index contributed by atoms with van der Waals surface area (Å²) in [4.78, 5) is 14.8. The number of rotatable bonds is 6. The van der Waals surface area contributed by atoms with E-state index in [0.29, 0.717) is 17.5 Å². The molecule has 5 heteroatoms. The van der Waals surface area contributed by atoms with Crippen LogP contribution in [0.1, 0.15) is 0 Å². The smallest absolute Gasteiger partial charge is 0.164 e. The van der Waals surface area contributed by atoms with Crippen LogP contribution in [-0.4, -0.2) is 19.5 Å². The zero-order chi connectivity index (χ0) is 37.0. The Balaban J connectivity index is 1.07. The third-order valence-corrected chi connectivity index (χ3v) is 10.7. The maximum Gasteiger partial charge on any atom is 0.164 e. The summed E-state index contributed by atoms with van der Waals surface area (Å²) < 4.78 is 9.14. The van der Waals surface area contributed by atoms with Gasteiger partial charge in [-0.25, -0.2) is 15.0 Å². The van der Waals surface area contributed by atoms with Crippen molar-refractivity contribution >= 4 is 43.7 Å². The van der Waals surface area contributed by atoms with Crippen molar-refractivity contribution in [2.24, 2.45) is 0 Å². The van der Waals surface area contributed by atoms with E-state index < -0.39 is 0 Å². The molecule has 5 nitrogen and oxygen atoms in total. The van der Waals surface area contributed by atoms with Gasteiger partial charge in [0.1, 0.15) is 11.2 Å². The van der Waals surface area contributed by atoms with Gasteiger partial charge in [0.2, 0.25) is 0 Å². The highest BCUT2D eigenvalue weighted by molar-refractivity contribution is 6.15. The van der Waals surface area contributed by atoms with Crippen molar-refractivity contribution in [2.45, 2.75) is 0 Å². The number of benzene rings is 8. The fourth-order valence-corrected chi connectivity index (χ4v) is 8.00. The molecule has 3 heterocycles. The molecule has 0 bridgehead atoms. The molecule has 0 aliphatic carbocycles. The molecule has 0 fully saturated rings. The van der Waals surface area contributed by atoms with E-state index in [9.17, 15) is 0 Å². The molecule has 0 radical (unpaired) electrons. The molecule has 0 saturated carbocycles. The number of hydrogen-bond donors (Lipinski definition) is 0. The van der Waals surface area contributed by atoms with Gasteiger partial charge in [0, 0.05) is 50.0 Å². The van der Waals surface area contributed by atoms with E-state index >= 15 is 0 Å². The zero-order valence-corrected chi connectivity index (χ0v) is 30.2. The Kier molecular flexibility index (Phi) is 7.42. The minimum Gasteiger partial charge on any atom is -0.456 e. The van der Waals surface area contributed by atoms with Crippen LogP contribution in [0.3, 0.4) is 0 Å². The van der Waals surface area contributed by atoms with Gasteiger partial charge in [0.25, 0.3) is 0 Å². The van der Waals surface area contributed by atoms with E-state index in [4.69, 9.17) is 19.4 Å². The molecule has 0 saturated heterocycles. The Morgan fingerprint density at radius 1 is 0.339 bits per heavy atom. The fourth-order valence-electron chi connectivity index (χ4n) is 8.00. The average Bonchev–Trinajstić information content (AvgIpc) is 3.82. The quantitative estimate of drug-likeness (QED) is 0.172. The summed E-state index contributed by atoms with van der Waals surface area (Å²) >= 11 is 0. The van der Waals surface area contributed by atoms with Crippen molar-refractivity contribution in [3.05, 3.63) is 194 Å². The fraction of sp³-hybridized carbons (Fsp3) is 0. The minimum absolute atomic E-state index is 0.624. The van der Waals surface area contributed by atoms with Crippen LogP contribution in [0.2, 0.25) is 0 Å². The lowest BCUT2D eigenvalue weighted by Gasteiger charge is -2.11. The second kappa shape index (κ2) is 13.0. The third kappa shape index (κ3) is 5.37. The van der Waals surface area contributed by atoms with Gasteiger partial charge in [0.15, 0.2) is 17.5 Å². The third-order valence-electron chi connectivity index (χ3n) is 10.7. The molecular weight excluding hydrogens is 685 g/mol. The molecule has 8 aromatic carbocycles. The SMILES string of the molecule is c1ccc(-c2cc(-c3ccc(-c4nc(-c5ccccc5)nc(-c5ccccc5)n4)cc3)c3c(c2)oc2cc(-n4c5ccccc5c5ccccc54)ccc23)cc1. The van der Waals surface area contributed by atoms with Crippen LogP contribution in [-0.2, 0) is 0 Å². The van der Waals surface area contributed by atoms with Gasteiger partial charge >= 0.3 is 0 Å². The molecule has 3 aromatic heterocycles. The van der Waals surface area contributed by atoms with Crippen LogP contribution in [0, 0.1) is 0 Å². The molecule has 11 rings (SSSR count). The van der Waals surface area contributed by atoms with Gasteiger partial charge in [0.05, 0.1) is 11.0 Å². The van der Waals surface area contributed by atoms with E-state index in [-0.39, 0.29) is 0 Å². The first-order valence-electron chi connectivity index (χ1n) is 18.8. The summed E-state index contributed by atoms with van der Waals surface area (Å²) in [6.45, 7) is 0. The van der Waals surface area contributed by atoms with E-state index in [2.05, 4.69) is 132 Å². The molecule has 0 aliphatic rings. The number of para-hydroxylation sites is 2. The van der Waals surface area contributed by atoms with Gasteiger partial charge < -0.3 is 8.98 Å². The Bertz CT molecular complexity index is 3110. The maximum absolute atomic E-state index is 6.80. The second-order valence-corrected chi connectivity index (χ2v) is 14.0. The van der Waals surface area contributed by atoms with Gasteiger partial charge in [-0.3, -0.25) is 0 Å². The van der Waals surface area contributed by atoms with Crippen molar-refractivity contribution in [2.75, 3.05) is 0 Å². The van der Waals surface area contributed by atoms with E-state index in [1.165, 1.54) is 21.8 Å². The van der Waals surface area contributed by atoms with Crippen LogP contribution in [0.4, 0.5) is 0 Å². The molecule has 262 valence electrons. The first-order chi connectivity index (χ1) is 27.7. The topological polar surface area (TPSA) is 56.7 Å². The van der Waals surface area contributed by atoms with Crippen molar-refractivity contribution < 1.29 is 4.42 Å². The van der Waals surface area contributed by atoms with Crippen LogP contribution in [0.5, 0.6) is 0 Å². The summed E-state index contributed by atoms with van der Waals surface area (Å²) in [5.74, 6) is 1.90. The van der Waals surface area contributed by atoms with Crippen molar-refractivity contribution in [1.82, 2.24) is 19.5 Å². The lowest BCUT2D eigenvalue weighted by Crippen LogP contribution is -2.00. The van der Waals surface area contributed by atoms with E-state index in [0.717, 1.165) is 66.6 Å². The highest BCUT2D eigenvalue weighted by atomic mass is 16.3. The lowest BCUT2D eigenvalue weighted by molar-refractivity contribution is 0.669. The number of fused-ring (bicyclic) bond motifs is 6. The Hall–Kier alpha value is -7.63. The number of aromatic nitrogens is 4. The first-order valence-corrected chi connectivity index (χ1v) is 18.8. The first kappa shape index (κ1) is 31.9. The molecule has 0 spiro atoms. The number of furan rings is 1. The highest BCUT2D eigenvalue weighted by Gasteiger charge is 2.19. The molecule has 11 aromatic rings. The Morgan fingerprint density at radius 2 is 0.821 bits per heavy atom. The lowest BCUT2D eigenvalue weighted by atomic mass is 9.94. The maximum atomic E-state index is 6.80. The monoisotopic (exact) mass is 716 g/mol. The predicted molar refractivity (Wildman–Crippen MR) is 229 cm³/mol. The largest absolute Gasteiger partial charge is 0.456 e. The molecule has 0 atom stereocenters. The molecule has 0 N–H and O–H groups in total. The average molecular weight is 717 g/mol. The van der Waals surface area contributed by atoms with Gasteiger partial charge in [-0.2, -0.15) is 0 Å². The van der Waals surface area contributed by atoms with Gasteiger partial charge in [-0.05, 0) is 58.7 Å². The standard InChI is InChI=1S/C51H32N4O/c1-4-14-33(15-5-1)38-30-43(34-24-26-37(27-25-34)51-53-49(35-16-6-2-7-17-35)52-50(54-51)36-18-8-3-9-19-36)48-42-29-28-39(32-46(42)56-47(48)31-38)55-44-22-12-10-20-40(44)41-21-11-13-23-45(41)55/h1-32H. The predicted octanol–water partition coefficient (Wildman–Crippen LogP) is 13.2. The normalized spacial score (nSPS) is 11.6. The second-order valence-electron chi connectivity index (χ2n) is 14.0. The summed E-state index contributed by atoms with van der Waals surface area (Å²) in [6, 6.07) is 67.4. The molecule has 0 amide bonds. The van der Waals surface area contributed by atoms with Gasteiger partial charge in [-0.15, -0.1) is 0 Å². The Morgan fingerprint density at radius 3 is 1.39 bits per heavy atom. The summed E-state index contributed by atoms with van der Waals surface area (Å²) in [5.41, 5.74) is 12.3.